The van der Waals surface area contributed by atoms with E-state index in [-0.39, 0.29) is 18.4 Å². The number of rotatable bonds is 13. The summed E-state index contributed by atoms with van der Waals surface area (Å²) in [5, 5.41) is 0. The van der Waals surface area contributed by atoms with Gasteiger partial charge in [0, 0.05) is 37.1 Å². The molecule has 4 aromatic rings. The molecule has 0 N–H and O–H groups in total. The van der Waals surface area contributed by atoms with Gasteiger partial charge in [0.1, 0.15) is 18.1 Å². The van der Waals surface area contributed by atoms with Crippen LogP contribution in [-0.2, 0) is 24.4 Å². The third kappa shape index (κ3) is 7.82. The normalized spacial score (nSPS) is 10.8. The summed E-state index contributed by atoms with van der Waals surface area (Å²) in [5.74, 6) is -0.0313. The maximum absolute atomic E-state index is 13.8. The third-order valence-electron chi connectivity index (χ3n) is 6.82. The fourth-order valence-corrected chi connectivity index (χ4v) is 4.59. The summed E-state index contributed by atoms with van der Waals surface area (Å²) in [5.41, 5.74) is 3.45. The molecule has 0 fully saturated rings. The minimum Gasteiger partial charge on any atom is -0.497 e. The lowest BCUT2D eigenvalue weighted by molar-refractivity contribution is -0.133. The van der Waals surface area contributed by atoms with Gasteiger partial charge >= 0.3 is 0 Å². The van der Waals surface area contributed by atoms with Crippen molar-refractivity contribution < 1.29 is 18.7 Å². The van der Waals surface area contributed by atoms with Crippen molar-refractivity contribution in [2.24, 2.45) is 0 Å². The summed E-state index contributed by atoms with van der Waals surface area (Å²) >= 11 is 0. The van der Waals surface area contributed by atoms with E-state index in [1.807, 2.05) is 79.9 Å². The number of hydrogen-bond donors (Lipinski definition) is 0. The van der Waals surface area contributed by atoms with Gasteiger partial charge < -0.3 is 19.1 Å². The van der Waals surface area contributed by atoms with E-state index in [1.54, 1.807) is 16.9 Å². The molecule has 4 rings (SSSR count). The molecule has 0 radical (unpaired) electrons. The molecule has 0 saturated heterocycles. The summed E-state index contributed by atoms with van der Waals surface area (Å²) in [6, 6.07) is 27.2. The van der Waals surface area contributed by atoms with Gasteiger partial charge in [-0.15, -0.1) is 0 Å². The molecule has 6 nitrogen and oxygen atoms in total. The number of carbonyl (C=O) groups is 2. The molecule has 0 spiro atoms. The van der Waals surface area contributed by atoms with Crippen molar-refractivity contribution in [3.8, 4) is 5.75 Å². The largest absolute Gasteiger partial charge is 0.497 e. The fraction of sp³-hybridized carbons (Fsp3) is 0.273. The molecule has 1 aromatic heterocycles. The molecule has 2 amide bonds. The smallest absolute Gasteiger partial charge is 0.254 e. The van der Waals surface area contributed by atoms with Gasteiger partial charge in [-0.1, -0.05) is 55.8 Å². The number of amides is 2. The third-order valence-corrected chi connectivity index (χ3v) is 6.82. The van der Waals surface area contributed by atoms with E-state index in [0.717, 1.165) is 35.4 Å². The maximum atomic E-state index is 13.8. The Kier molecular flexibility index (Phi) is 10.1. The first kappa shape index (κ1) is 28.6. The molecule has 0 bridgehead atoms. The molecule has 3 aromatic carbocycles. The first-order valence-corrected chi connectivity index (χ1v) is 13.6. The van der Waals surface area contributed by atoms with Crippen LogP contribution in [0.5, 0.6) is 5.75 Å². The van der Waals surface area contributed by atoms with Gasteiger partial charge in [-0.25, -0.2) is 4.39 Å². The van der Waals surface area contributed by atoms with Crippen molar-refractivity contribution in [1.29, 1.82) is 0 Å². The molecule has 0 aliphatic rings. The Hall–Kier alpha value is -4.39. The number of aromatic nitrogens is 1. The number of nitrogens with zero attached hydrogens (tertiary/aromatic N) is 3. The molecule has 0 atom stereocenters. The number of ether oxygens (including phenoxy) is 1. The van der Waals surface area contributed by atoms with Crippen LogP contribution in [0, 0.1) is 5.82 Å². The summed E-state index contributed by atoms with van der Waals surface area (Å²) in [6.07, 6.45) is 3.65. The molecule has 208 valence electrons. The predicted octanol–water partition coefficient (Wildman–Crippen LogP) is 6.16. The molecule has 40 heavy (non-hydrogen) atoms. The Balaban J connectivity index is 1.56. The highest BCUT2D eigenvalue weighted by Gasteiger charge is 2.23. The van der Waals surface area contributed by atoms with Crippen molar-refractivity contribution in [2.75, 3.05) is 20.2 Å². The van der Waals surface area contributed by atoms with Crippen LogP contribution < -0.4 is 4.74 Å². The second-order valence-electron chi connectivity index (χ2n) is 9.80. The number of halogens is 1. The van der Waals surface area contributed by atoms with Crippen LogP contribution in [0.25, 0.3) is 0 Å². The fourth-order valence-electron chi connectivity index (χ4n) is 4.59. The highest BCUT2D eigenvalue weighted by Crippen LogP contribution is 2.18. The van der Waals surface area contributed by atoms with Crippen LogP contribution in [0.3, 0.4) is 0 Å². The molecule has 0 unspecified atom stereocenters. The van der Waals surface area contributed by atoms with Crippen molar-refractivity contribution in [1.82, 2.24) is 14.4 Å². The van der Waals surface area contributed by atoms with E-state index in [1.165, 1.54) is 24.3 Å². The van der Waals surface area contributed by atoms with Gasteiger partial charge in [-0.3, -0.25) is 9.59 Å². The summed E-state index contributed by atoms with van der Waals surface area (Å²) in [4.78, 5) is 30.5. The Morgan fingerprint density at radius 2 is 1.60 bits per heavy atom. The molecule has 0 aliphatic carbocycles. The Morgan fingerprint density at radius 3 is 2.33 bits per heavy atom. The maximum Gasteiger partial charge on any atom is 0.254 e. The molecule has 7 heteroatoms. The number of unbranched alkanes of at least 4 members (excludes halogenated alkanes) is 1. The monoisotopic (exact) mass is 541 g/mol. The van der Waals surface area contributed by atoms with E-state index in [9.17, 15) is 14.0 Å². The van der Waals surface area contributed by atoms with Gasteiger partial charge in [-0.2, -0.15) is 0 Å². The van der Waals surface area contributed by atoms with Gasteiger partial charge in [0.2, 0.25) is 5.91 Å². The molecular weight excluding hydrogens is 505 g/mol. The van der Waals surface area contributed by atoms with Crippen LogP contribution in [0.2, 0.25) is 0 Å². The van der Waals surface area contributed by atoms with E-state index >= 15 is 0 Å². The second-order valence-corrected chi connectivity index (χ2v) is 9.80. The SMILES string of the molecule is CCCCN(CC(=O)N(Cc1ccccc1)Cc1cccn1Cc1cccc(OC)c1)C(=O)c1ccc(F)cc1. The molecular formula is C33H36FN3O3. The topological polar surface area (TPSA) is 54.8 Å². The van der Waals surface area contributed by atoms with Crippen LogP contribution >= 0.6 is 0 Å². The van der Waals surface area contributed by atoms with Crippen LogP contribution in [-0.4, -0.2) is 46.4 Å². The van der Waals surface area contributed by atoms with E-state index in [4.69, 9.17) is 4.74 Å². The molecule has 0 saturated carbocycles. The van der Waals surface area contributed by atoms with Crippen LogP contribution in [0.1, 0.15) is 46.9 Å². The lowest BCUT2D eigenvalue weighted by atomic mass is 10.1. The zero-order valence-corrected chi connectivity index (χ0v) is 23.1. The number of carbonyl (C=O) groups excluding carboxylic acids is 2. The lowest BCUT2D eigenvalue weighted by Gasteiger charge is -2.28. The standard InChI is InChI=1S/C33H36FN3O3/c1-3-4-19-36(33(39)28-15-17-29(34)18-16-28)25-32(38)37(22-26-10-6-5-7-11-26)24-30-13-9-20-35(30)23-27-12-8-14-31(21-27)40-2/h5-18,20-21H,3-4,19,22-25H2,1-2H3. The zero-order valence-electron chi connectivity index (χ0n) is 23.1. The Morgan fingerprint density at radius 1 is 0.850 bits per heavy atom. The molecule has 1 heterocycles. The van der Waals surface area contributed by atoms with Gasteiger partial charge in [0.25, 0.3) is 5.91 Å². The average Bonchev–Trinajstić information content (AvgIpc) is 3.41. The second kappa shape index (κ2) is 14.1. The van der Waals surface area contributed by atoms with E-state index in [0.29, 0.717) is 31.7 Å². The zero-order chi connectivity index (χ0) is 28.3. The number of benzene rings is 3. The summed E-state index contributed by atoms with van der Waals surface area (Å²) in [7, 11) is 1.65. The van der Waals surface area contributed by atoms with Gasteiger partial charge in [-0.05, 0) is 66.1 Å². The summed E-state index contributed by atoms with van der Waals surface area (Å²) < 4.78 is 21.0. The van der Waals surface area contributed by atoms with E-state index in [2.05, 4.69) is 4.57 Å². The first-order valence-electron chi connectivity index (χ1n) is 13.6. The minimum atomic E-state index is -0.404. The minimum absolute atomic E-state index is 0.0559. The predicted molar refractivity (Wildman–Crippen MR) is 154 cm³/mol. The highest BCUT2D eigenvalue weighted by molar-refractivity contribution is 5.96. The highest BCUT2D eigenvalue weighted by atomic mass is 19.1. The van der Waals surface area contributed by atoms with Crippen molar-refractivity contribution in [3.63, 3.8) is 0 Å². The van der Waals surface area contributed by atoms with Crippen molar-refractivity contribution in [2.45, 2.75) is 39.4 Å². The van der Waals surface area contributed by atoms with Crippen LogP contribution in [0.4, 0.5) is 4.39 Å². The van der Waals surface area contributed by atoms with Gasteiger partial charge in [0.15, 0.2) is 0 Å². The van der Waals surface area contributed by atoms with Gasteiger partial charge in [0.05, 0.1) is 13.7 Å². The molecule has 0 aliphatic heterocycles. The lowest BCUT2D eigenvalue weighted by Crippen LogP contribution is -2.43. The first-order chi connectivity index (χ1) is 19.5. The quantitative estimate of drug-likeness (QED) is 0.204. The van der Waals surface area contributed by atoms with Crippen molar-refractivity contribution >= 4 is 11.8 Å². The van der Waals surface area contributed by atoms with E-state index < -0.39 is 5.82 Å². The number of hydrogen-bond acceptors (Lipinski definition) is 3. The average molecular weight is 542 g/mol. The number of methoxy groups -OCH3 is 1. The van der Waals surface area contributed by atoms with Crippen molar-refractivity contribution in [3.05, 3.63) is 125 Å². The summed E-state index contributed by atoms with van der Waals surface area (Å²) in [6.45, 7) is 3.87. The Labute approximate surface area is 235 Å². The Bertz CT molecular complexity index is 1390. The van der Waals surface area contributed by atoms with Crippen LogP contribution in [0.15, 0.2) is 97.2 Å².